The van der Waals surface area contributed by atoms with Gasteiger partial charge < -0.3 is 14.6 Å². The maximum absolute atomic E-state index is 10.7. The van der Waals surface area contributed by atoms with Crippen molar-refractivity contribution in [2.75, 3.05) is 14.2 Å². The van der Waals surface area contributed by atoms with E-state index >= 15 is 0 Å². The molecule has 0 saturated heterocycles. The average molecular weight is 194 g/mol. The minimum atomic E-state index is -0.999. The predicted octanol–water partition coefficient (Wildman–Crippen LogP) is -0.340. The van der Waals surface area contributed by atoms with E-state index in [9.17, 15) is 4.79 Å². The molecule has 1 aromatic rings. The van der Waals surface area contributed by atoms with E-state index in [0.717, 1.165) is 5.46 Å². The van der Waals surface area contributed by atoms with Crippen LogP contribution in [0.3, 0.4) is 0 Å². The summed E-state index contributed by atoms with van der Waals surface area (Å²) >= 11 is 0. The molecule has 14 heavy (non-hydrogen) atoms. The van der Waals surface area contributed by atoms with Crippen LogP contribution in [-0.2, 0) is 0 Å². The fourth-order valence-electron chi connectivity index (χ4n) is 1.21. The van der Waals surface area contributed by atoms with Gasteiger partial charge in [0.05, 0.1) is 19.8 Å². The van der Waals surface area contributed by atoms with E-state index in [1.54, 1.807) is 0 Å². The fraction of sp³-hybridized carbons (Fsp3) is 0.222. The van der Waals surface area contributed by atoms with Crippen molar-refractivity contribution in [3.63, 3.8) is 0 Å². The molecule has 1 N–H and O–H groups in total. The van der Waals surface area contributed by atoms with Crippen molar-refractivity contribution in [2.45, 2.75) is 0 Å². The molecule has 5 heteroatoms. The van der Waals surface area contributed by atoms with Crippen LogP contribution in [0, 0.1) is 0 Å². The molecule has 0 aliphatic carbocycles. The molecule has 1 rings (SSSR count). The number of carbonyl (C=O) groups is 1. The highest BCUT2D eigenvalue weighted by molar-refractivity contribution is 6.36. The molecule has 0 bridgehead atoms. The van der Waals surface area contributed by atoms with Gasteiger partial charge in [-0.05, 0) is 17.6 Å². The maximum atomic E-state index is 10.7. The van der Waals surface area contributed by atoms with Crippen molar-refractivity contribution in [2.24, 2.45) is 0 Å². The highest BCUT2D eigenvalue weighted by atomic mass is 16.5. The molecular weight excluding hydrogens is 183 g/mol. The summed E-state index contributed by atoms with van der Waals surface area (Å²) in [6.07, 6.45) is 0. The van der Waals surface area contributed by atoms with Gasteiger partial charge in [-0.2, -0.15) is 0 Å². The summed E-state index contributed by atoms with van der Waals surface area (Å²) in [5.41, 5.74) is 0.948. The summed E-state index contributed by atoms with van der Waals surface area (Å²) in [6, 6.07) is 2.94. The Balaban J connectivity index is 3.32. The smallest absolute Gasteiger partial charge is 0.335 e. The SMILES string of the molecule is Bc1c(OC)cc(C(=O)O)cc1OC. The Hall–Kier alpha value is -1.65. The van der Waals surface area contributed by atoms with Gasteiger partial charge in [0, 0.05) is 0 Å². The van der Waals surface area contributed by atoms with Gasteiger partial charge >= 0.3 is 5.97 Å². The first kappa shape index (κ1) is 10.4. The van der Waals surface area contributed by atoms with Gasteiger partial charge in [0.25, 0.3) is 0 Å². The van der Waals surface area contributed by atoms with Crippen LogP contribution in [0.15, 0.2) is 12.1 Å². The number of carboxylic acid groups (broad SMARTS) is 1. The van der Waals surface area contributed by atoms with Gasteiger partial charge in [0.15, 0.2) is 0 Å². The summed E-state index contributed by atoms with van der Waals surface area (Å²) < 4.78 is 10.1. The maximum Gasteiger partial charge on any atom is 0.335 e. The molecule has 0 unspecified atom stereocenters. The van der Waals surface area contributed by atoms with Gasteiger partial charge in [-0.15, -0.1) is 0 Å². The molecule has 0 amide bonds. The van der Waals surface area contributed by atoms with Crippen LogP contribution < -0.4 is 14.9 Å². The highest BCUT2D eigenvalue weighted by Gasteiger charge is 2.11. The standard InChI is InChI=1S/C9H11BO4/c1-13-6-3-5(9(11)12)4-7(14-2)8(6)10/h3-4H,10H2,1-2H3,(H,11,12). The zero-order chi connectivity index (χ0) is 10.7. The van der Waals surface area contributed by atoms with Gasteiger partial charge in [0.2, 0.25) is 0 Å². The number of carboxylic acids is 1. The van der Waals surface area contributed by atoms with E-state index in [2.05, 4.69) is 0 Å². The first-order chi connectivity index (χ1) is 6.60. The minimum Gasteiger partial charge on any atom is -0.497 e. The van der Waals surface area contributed by atoms with Crippen molar-refractivity contribution in [3.05, 3.63) is 17.7 Å². The van der Waals surface area contributed by atoms with Gasteiger partial charge in [-0.3, -0.25) is 0 Å². The highest BCUT2D eigenvalue weighted by Crippen LogP contribution is 2.18. The predicted molar refractivity (Wildman–Crippen MR) is 54.7 cm³/mol. The Kier molecular flexibility index (Phi) is 3.01. The van der Waals surface area contributed by atoms with E-state index in [-0.39, 0.29) is 5.56 Å². The van der Waals surface area contributed by atoms with E-state index in [0.29, 0.717) is 11.5 Å². The number of benzene rings is 1. The summed E-state index contributed by atoms with van der Waals surface area (Å²) in [6.45, 7) is 0. The van der Waals surface area contributed by atoms with Crippen molar-refractivity contribution in [3.8, 4) is 11.5 Å². The summed E-state index contributed by atoms with van der Waals surface area (Å²) in [5.74, 6) is 0.0325. The molecule has 0 aliphatic heterocycles. The van der Waals surface area contributed by atoms with Crippen molar-refractivity contribution in [1.29, 1.82) is 0 Å². The lowest BCUT2D eigenvalue weighted by molar-refractivity contribution is 0.0696. The Labute approximate surface area is 82.9 Å². The number of aromatic carboxylic acids is 1. The normalized spacial score (nSPS) is 9.57. The lowest BCUT2D eigenvalue weighted by atomic mass is 9.92. The van der Waals surface area contributed by atoms with Crippen LogP contribution in [0.2, 0.25) is 0 Å². The van der Waals surface area contributed by atoms with E-state index < -0.39 is 5.97 Å². The topological polar surface area (TPSA) is 55.8 Å². The number of hydrogen-bond acceptors (Lipinski definition) is 3. The third kappa shape index (κ3) is 1.81. The number of rotatable bonds is 3. The zero-order valence-electron chi connectivity index (χ0n) is 8.33. The number of methoxy groups -OCH3 is 2. The molecule has 1 aromatic carbocycles. The number of ether oxygens (including phenoxy) is 2. The van der Waals surface area contributed by atoms with Crippen LogP contribution in [0.5, 0.6) is 11.5 Å². The van der Waals surface area contributed by atoms with Crippen molar-refractivity contribution in [1.82, 2.24) is 0 Å². The van der Waals surface area contributed by atoms with E-state index in [1.165, 1.54) is 26.4 Å². The summed E-state index contributed by atoms with van der Waals surface area (Å²) in [4.78, 5) is 10.7. The quantitative estimate of drug-likeness (QED) is 0.668. The van der Waals surface area contributed by atoms with Gasteiger partial charge in [-0.1, -0.05) is 0 Å². The lowest BCUT2D eigenvalue weighted by Crippen LogP contribution is -2.13. The van der Waals surface area contributed by atoms with Crippen LogP contribution in [0.4, 0.5) is 0 Å². The van der Waals surface area contributed by atoms with Crippen LogP contribution >= 0.6 is 0 Å². The lowest BCUT2D eigenvalue weighted by Gasteiger charge is -2.10. The molecule has 0 heterocycles. The molecule has 0 saturated carbocycles. The van der Waals surface area contributed by atoms with Crippen LogP contribution in [0.1, 0.15) is 10.4 Å². The Morgan fingerprint density at radius 2 is 1.71 bits per heavy atom. The largest absolute Gasteiger partial charge is 0.497 e. The third-order valence-electron chi connectivity index (χ3n) is 2.00. The molecule has 0 fully saturated rings. The molecule has 0 spiro atoms. The zero-order valence-corrected chi connectivity index (χ0v) is 8.33. The second kappa shape index (κ2) is 4.04. The first-order valence-corrected chi connectivity index (χ1v) is 4.06. The summed E-state index contributed by atoms with van der Waals surface area (Å²) in [7, 11) is 4.80. The third-order valence-corrected chi connectivity index (χ3v) is 2.00. The minimum absolute atomic E-state index is 0.157. The average Bonchev–Trinajstić information content (AvgIpc) is 2.17. The molecular formula is C9H11BO4. The number of hydrogen-bond donors (Lipinski definition) is 1. The van der Waals surface area contributed by atoms with E-state index in [4.69, 9.17) is 14.6 Å². The second-order valence-corrected chi connectivity index (χ2v) is 2.81. The second-order valence-electron chi connectivity index (χ2n) is 2.81. The van der Waals surface area contributed by atoms with Crippen molar-refractivity contribution < 1.29 is 19.4 Å². The van der Waals surface area contributed by atoms with E-state index in [1.807, 2.05) is 7.85 Å². The fourth-order valence-corrected chi connectivity index (χ4v) is 1.21. The first-order valence-electron chi connectivity index (χ1n) is 4.06. The Morgan fingerprint density at radius 3 is 2.00 bits per heavy atom. The molecule has 74 valence electrons. The molecule has 0 aliphatic rings. The molecule has 0 radical (unpaired) electrons. The van der Waals surface area contributed by atoms with Gasteiger partial charge in [0.1, 0.15) is 19.3 Å². The van der Waals surface area contributed by atoms with Gasteiger partial charge in [-0.25, -0.2) is 4.79 Å². The van der Waals surface area contributed by atoms with Crippen molar-refractivity contribution >= 4 is 19.3 Å². The molecule has 0 aromatic heterocycles. The Morgan fingerprint density at radius 1 is 1.29 bits per heavy atom. The monoisotopic (exact) mass is 194 g/mol. The summed E-state index contributed by atoms with van der Waals surface area (Å²) in [5, 5.41) is 8.80. The Bertz CT molecular complexity index is 337. The van der Waals surface area contributed by atoms with Crippen LogP contribution in [0.25, 0.3) is 0 Å². The van der Waals surface area contributed by atoms with Crippen LogP contribution in [-0.4, -0.2) is 33.1 Å². The molecule has 4 nitrogen and oxygen atoms in total. The molecule has 0 atom stereocenters.